The number of nitro groups is 1. The van der Waals surface area contributed by atoms with Crippen molar-refractivity contribution in [1.82, 2.24) is 10.2 Å². The molecule has 0 aliphatic heterocycles. The Labute approximate surface area is 167 Å². The molecule has 0 saturated carbocycles. The monoisotopic (exact) mass is 464 g/mol. The van der Waals surface area contributed by atoms with E-state index in [0.29, 0.717) is 13.2 Å². The number of nitrogens with one attached hydrogen (secondary N) is 1. The number of hydrogen-bond acceptors (Lipinski definition) is 4. The summed E-state index contributed by atoms with van der Waals surface area (Å²) < 4.78 is 5.06. The quantitative estimate of drug-likeness (QED) is 0.143. The maximum absolute atomic E-state index is 10.7. The van der Waals surface area contributed by atoms with Crippen LogP contribution in [-0.4, -0.2) is 49.6 Å². The van der Waals surface area contributed by atoms with Crippen molar-refractivity contribution in [2.24, 2.45) is 4.99 Å². The van der Waals surface area contributed by atoms with Gasteiger partial charge in [-0.1, -0.05) is 25.5 Å². The summed E-state index contributed by atoms with van der Waals surface area (Å²) in [5.41, 5.74) is 1.04. The maximum atomic E-state index is 10.7. The van der Waals surface area contributed by atoms with Crippen molar-refractivity contribution in [2.45, 2.75) is 32.7 Å². The minimum absolute atomic E-state index is 0. The van der Waals surface area contributed by atoms with Crippen molar-refractivity contribution < 1.29 is 9.66 Å². The first kappa shape index (κ1) is 23.6. The molecule has 0 fully saturated rings. The number of methoxy groups -OCH3 is 1. The van der Waals surface area contributed by atoms with E-state index in [0.717, 1.165) is 43.9 Å². The fourth-order valence-electron chi connectivity index (χ4n) is 2.12. The standard InChI is InChI=1S/C17H28N4O3.HI/c1-4-5-12-20(2)17(18-11-6-13-24-3)19-14-15-7-9-16(10-8-15)21(22)23;/h7-10H,4-6,11-14H2,1-3H3,(H,18,19);1H. The summed E-state index contributed by atoms with van der Waals surface area (Å²) in [7, 11) is 3.71. The minimum Gasteiger partial charge on any atom is -0.385 e. The summed E-state index contributed by atoms with van der Waals surface area (Å²) in [5, 5.41) is 14.0. The highest BCUT2D eigenvalue weighted by Gasteiger charge is 2.07. The lowest BCUT2D eigenvalue weighted by Gasteiger charge is -2.22. The van der Waals surface area contributed by atoms with E-state index in [-0.39, 0.29) is 29.7 Å². The molecule has 0 heterocycles. The van der Waals surface area contributed by atoms with E-state index in [4.69, 9.17) is 4.74 Å². The maximum Gasteiger partial charge on any atom is 0.269 e. The first-order valence-corrected chi connectivity index (χ1v) is 8.30. The Kier molecular flexibility index (Phi) is 13.0. The highest BCUT2D eigenvalue weighted by Crippen LogP contribution is 2.12. The van der Waals surface area contributed by atoms with E-state index < -0.39 is 4.92 Å². The molecule has 1 aromatic carbocycles. The molecule has 8 heteroatoms. The van der Waals surface area contributed by atoms with Gasteiger partial charge in [0.05, 0.1) is 11.5 Å². The average molecular weight is 464 g/mol. The lowest BCUT2D eigenvalue weighted by molar-refractivity contribution is -0.384. The Bertz CT molecular complexity index is 523. The predicted molar refractivity (Wildman–Crippen MR) is 112 cm³/mol. The highest BCUT2D eigenvalue weighted by atomic mass is 127. The number of benzene rings is 1. The van der Waals surface area contributed by atoms with Crippen LogP contribution in [-0.2, 0) is 11.3 Å². The van der Waals surface area contributed by atoms with Crippen LogP contribution in [0.15, 0.2) is 29.3 Å². The van der Waals surface area contributed by atoms with Crippen LogP contribution in [0.2, 0.25) is 0 Å². The van der Waals surface area contributed by atoms with Gasteiger partial charge in [-0.2, -0.15) is 0 Å². The Morgan fingerprint density at radius 3 is 2.56 bits per heavy atom. The molecular weight excluding hydrogens is 435 g/mol. The Balaban J connectivity index is 0.00000576. The summed E-state index contributed by atoms with van der Waals surface area (Å²) in [6, 6.07) is 6.51. The van der Waals surface area contributed by atoms with Gasteiger partial charge in [0.2, 0.25) is 0 Å². The van der Waals surface area contributed by atoms with Crippen LogP contribution in [0.4, 0.5) is 5.69 Å². The summed E-state index contributed by atoms with van der Waals surface area (Å²) in [6.07, 6.45) is 3.14. The lowest BCUT2D eigenvalue weighted by Crippen LogP contribution is -2.40. The van der Waals surface area contributed by atoms with Gasteiger partial charge in [0, 0.05) is 46.0 Å². The third-order valence-electron chi connectivity index (χ3n) is 3.58. The molecule has 0 aliphatic carbocycles. The van der Waals surface area contributed by atoms with Crippen LogP contribution in [0.25, 0.3) is 0 Å². The van der Waals surface area contributed by atoms with Crippen molar-refractivity contribution >= 4 is 35.6 Å². The molecule has 142 valence electrons. The van der Waals surface area contributed by atoms with Gasteiger partial charge in [0.25, 0.3) is 5.69 Å². The number of ether oxygens (including phenoxy) is 1. The zero-order chi connectivity index (χ0) is 17.8. The van der Waals surface area contributed by atoms with Gasteiger partial charge >= 0.3 is 0 Å². The molecule has 0 spiro atoms. The molecule has 0 aliphatic rings. The van der Waals surface area contributed by atoms with Gasteiger partial charge < -0.3 is 15.0 Å². The van der Waals surface area contributed by atoms with E-state index in [9.17, 15) is 10.1 Å². The number of hydrogen-bond donors (Lipinski definition) is 1. The summed E-state index contributed by atoms with van der Waals surface area (Å²) in [6.45, 7) is 5.09. The van der Waals surface area contributed by atoms with Crippen LogP contribution in [0.3, 0.4) is 0 Å². The average Bonchev–Trinajstić information content (AvgIpc) is 2.59. The molecule has 7 nitrogen and oxygen atoms in total. The molecule has 0 atom stereocenters. The SMILES string of the molecule is CCCCN(C)C(=NCc1ccc([N+](=O)[O-])cc1)NCCCOC.I. The van der Waals surface area contributed by atoms with Gasteiger partial charge in [-0.05, 0) is 18.4 Å². The third kappa shape index (κ3) is 9.59. The number of nitrogens with zero attached hydrogens (tertiary/aromatic N) is 3. The lowest BCUT2D eigenvalue weighted by atomic mass is 10.2. The van der Waals surface area contributed by atoms with Crippen LogP contribution in [0, 0.1) is 10.1 Å². The molecule has 0 saturated heterocycles. The number of aliphatic imine (C=N–C) groups is 1. The largest absolute Gasteiger partial charge is 0.385 e. The molecule has 0 unspecified atom stereocenters. The second-order valence-corrected chi connectivity index (χ2v) is 5.61. The molecule has 0 aromatic heterocycles. The Hall–Kier alpha value is -1.42. The topological polar surface area (TPSA) is 80.0 Å². The van der Waals surface area contributed by atoms with Gasteiger partial charge in [-0.15, -0.1) is 24.0 Å². The summed E-state index contributed by atoms with van der Waals surface area (Å²) >= 11 is 0. The van der Waals surface area contributed by atoms with Crippen molar-refractivity contribution in [1.29, 1.82) is 0 Å². The Morgan fingerprint density at radius 1 is 1.32 bits per heavy atom. The van der Waals surface area contributed by atoms with Crippen LogP contribution in [0.1, 0.15) is 31.7 Å². The highest BCUT2D eigenvalue weighted by molar-refractivity contribution is 14.0. The molecule has 0 bridgehead atoms. The van der Waals surface area contributed by atoms with E-state index >= 15 is 0 Å². The number of unbranched alkanes of at least 4 members (excludes halogenated alkanes) is 1. The fourth-order valence-corrected chi connectivity index (χ4v) is 2.12. The van der Waals surface area contributed by atoms with Crippen molar-refractivity contribution in [3.63, 3.8) is 0 Å². The third-order valence-corrected chi connectivity index (χ3v) is 3.58. The van der Waals surface area contributed by atoms with E-state index in [1.54, 1.807) is 19.2 Å². The van der Waals surface area contributed by atoms with Gasteiger partial charge in [-0.3, -0.25) is 10.1 Å². The van der Waals surface area contributed by atoms with Crippen molar-refractivity contribution in [3.8, 4) is 0 Å². The Morgan fingerprint density at radius 2 is 2.00 bits per heavy atom. The number of halogens is 1. The first-order chi connectivity index (χ1) is 11.6. The van der Waals surface area contributed by atoms with Crippen LogP contribution in [0.5, 0.6) is 0 Å². The second kappa shape index (κ2) is 13.8. The number of guanidine groups is 1. The molecule has 0 amide bonds. The summed E-state index contributed by atoms with van der Waals surface area (Å²) in [5.74, 6) is 0.845. The molecular formula is C17H29IN4O3. The zero-order valence-corrected chi connectivity index (χ0v) is 17.6. The van der Waals surface area contributed by atoms with Crippen molar-refractivity contribution in [3.05, 3.63) is 39.9 Å². The normalized spacial score (nSPS) is 10.9. The smallest absolute Gasteiger partial charge is 0.269 e. The van der Waals surface area contributed by atoms with Crippen molar-refractivity contribution in [2.75, 3.05) is 33.9 Å². The molecule has 1 N–H and O–H groups in total. The molecule has 1 aromatic rings. The second-order valence-electron chi connectivity index (χ2n) is 5.61. The van der Waals surface area contributed by atoms with Gasteiger partial charge in [-0.25, -0.2) is 4.99 Å². The van der Waals surface area contributed by atoms with E-state index in [1.165, 1.54) is 12.1 Å². The van der Waals surface area contributed by atoms with Crippen LogP contribution < -0.4 is 5.32 Å². The molecule has 1 rings (SSSR count). The number of rotatable bonds is 10. The van der Waals surface area contributed by atoms with E-state index in [2.05, 4.69) is 22.1 Å². The number of non-ortho nitro benzene ring substituents is 1. The summed E-state index contributed by atoms with van der Waals surface area (Å²) in [4.78, 5) is 17.0. The van der Waals surface area contributed by atoms with Gasteiger partial charge in [0.1, 0.15) is 0 Å². The number of nitro benzene ring substituents is 1. The van der Waals surface area contributed by atoms with Crippen LogP contribution >= 0.6 is 24.0 Å². The minimum atomic E-state index is -0.394. The molecule has 0 radical (unpaired) electrons. The molecule has 25 heavy (non-hydrogen) atoms. The zero-order valence-electron chi connectivity index (χ0n) is 15.2. The fraction of sp³-hybridized carbons (Fsp3) is 0.588. The van der Waals surface area contributed by atoms with Gasteiger partial charge in [0.15, 0.2) is 5.96 Å². The van der Waals surface area contributed by atoms with E-state index in [1.807, 2.05) is 7.05 Å². The first-order valence-electron chi connectivity index (χ1n) is 8.30. The predicted octanol–water partition coefficient (Wildman–Crippen LogP) is 3.43.